The van der Waals surface area contributed by atoms with Crippen molar-refractivity contribution in [1.29, 1.82) is 0 Å². The highest BCUT2D eigenvalue weighted by atomic mass is 16.5. The minimum absolute atomic E-state index is 0.0432. The first-order chi connectivity index (χ1) is 18.5. The van der Waals surface area contributed by atoms with Crippen LogP contribution in [-0.2, 0) is 19.1 Å². The van der Waals surface area contributed by atoms with Gasteiger partial charge in [0.25, 0.3) is 5.91 Å². The first-order valence-corrected chi connectivity index (χ1v) is 13.6. The van der Waals surface area contributed by atoms with Gasteiger partial charge in [0.15, 0.2) is 5.78 Å². The molecule has 39 heavy (non-hydrogen) atoms. The van der Waals surface area contributed by atoms with Gasteiger partial charge in [-0.2, -0.15) is 0 Å². The third kappa shape index (κ3) is 10.8. The van der Waals surface area contributed by atoms with Gasteiger partial charge in [-0.3, -0.25) is 24.2 Å². The van der Waals surface area contributed by atoms with E-state index in [1.54, 1.807) is 42.6 Å². The zero-order chi connectivity index (χ0) is 28.9. The van der Waals surface area contributed by atoms with E-state index in [1.807, 2.05) is 41.5 Å². The van der Waals surface area contributed by atoms with Gasteiger partial charge in [0.2, 0.25) is 0 Å². The summed E-state index contributed by atoms with van der Waals surface area (Å²) < 4.78 is 11.3. The maximum absolute atomic E-state index is 13.0. The number of rotatable bonds is 17. The average molecular weight is 539 g/mol. The molecule has 0 saturated carbocycles. The van der Waals surface area contributed by atoms with E-state index in [0.29, 0.717) is 29.7 Å². The van der Waals surface area contributed by atoms with Crippen molar-refractivity contribution in [3.8, 4) is 11.3 Å². The Kier molecular flexibility index (Phi) is 13.1. The van der Waals surface area contributed by atoms with Gasteiger partial charge in [-0.25, -0.2) is 0 Å². The molecule has 1 N–H and O–H groups in total. The molecule has 1 aromatic heterocycles. The number of amides is 1. The minimum atomic E-state index is -0.451. The lowest BCUT2D eigenvalue weighted by molar-refractivity contribution is -0.123. The molecule has 0 radical (unpaired) electrons. The number of nitrogens with one attached hydrogen (secondary N) is 1. The molecule has 2 rings (SSSR count). The van der Waals surface area contributed by atoms with Gasteiger partial charge >= 0.3 is 0 Å². The van der Waals surface area contributed by atoms with Crippen LogP contribution in [0, 0.1) is 17.8 Å². The summed E-state index contributed by atoms with van der Waals surface area (Å²) in [5, 5.41) is 2.93. The van der Waals surface area contributed by atoms with Crippen LogP contribution in [0.15, 0.2) is 42.6 Å². The number of hydrogen-bond donors (Lipinski definition) is 1. The first kappa shape index (κ1) is 32.0. The first-order valence-electron chi connectivity index (χ1n) is 13.6. The van der Waals surface area contributed by atoms with E-state index in [-0.39, 0.29) is 67.4 Å². The van der Waals surface area contributed by atoms with Gasteiger partial charge < -0.3 is 14.8 Å². The number of Topliss-reactive ketones (excluding diaryl/α,β-unsaturated/α-hetero) is 3. The Bertz CT molecular complexity index is 1060. The van der Waals surface area contributed by atoms with Crippen LogP contribution in [0.5, 0.6) is 0 Å². The van der Waals surface area contributed by atoms with E-state index in [0.717, 1.165) is 5.56 Å². The Morgan fingerprint density at radius 1 is 0.718 bits per heavy atom. The Morgan fingerprint density at radius 3 is 1.67 bits per heavy atom. The fourth-order valence-corrected chi connectivity index (χ4v) is 3.61. The molecule has 0 aliphatic rings. The molecule has 0 bridgehead atoms. The average Bonchev–Trinajstić information content (AvgIpc) is 2.92. The fourth-order valence-electron chi connectivity index (χ4n) is 3.61. The fraction of sp³-hybridized carbons (Fsp3) is 0.516. The standard InChI is InChI=1S/C31H42N2O6/c1-20(2)28(34)13-15-38-18-26(19-39-16-14-29(35)21(3)4)33-31(37)24-9-7-23(8-10-24)27-12-11-25(17-32-27)30(36)22(5)6/h7-12,17,20-22,26H,13-16,18-19H2,1-6H3,(H,33,37). The Balaban J connectivity index is 1.99. The number of nitrogens with zero attached hydrogens (tertiary/aromatic N) is 1. The highest BCUT2D eigenvalue weighted by Crippen LogP contribution is 2.19. The van der Waals surface area contributed by atoms with E-state index >= 15 is 0 Å². The second kappa shape index (κ2) is 16.0. The van der Waals surface area contributed by atoms with E-state index < -0.39 is 6.04 Å². The number of ketones is 3. The maximum atomic E-state index is 13.0. The molecule has 0 unspecified atom stereocenters. The largest absolute Gasteiger partial charge is 0.379 e. The summed E-state index contributed by atoms with van der Waals surface area (Å²) in [4.78, 5) is 53.2. The van der Waals surface area contributed by atoms with Crippen LogP contribution in [0.1, 0.15) is 75.1 Å². The lowest BCUT2D eigenvalue weighted by Crippen LogP contribution is -2.42. The summed E-state index contributed by atoms with van der Waals surface area (Å²) in [6.07, 6.45) is 2.20. The Labute approximate surface area is 231 Å². The molecule has 8 heteroatoms. The van der Waals surface area contributed by atoms with Gasteiger partial charge in [0.1, 0.15) is 11.6 Å². The molecule has 1 heterocycles. The van der Waals surface area contributed by atoms with Gasteiger partial charge in [-0.15, -0.1) is 0 Å². The van der Waals surface area contributed by atoms with Crippen LogP contribution in [0.2, 0.25) is 0 Å². The number of hydrogen-bond acceptors (Lipinski definition) is 7. The van der Waals surface area contributed by atoms with Gasteiger partial charge in [0, 0.05) is 53.5 Å². The van der Waals surface area contributed by atoms with Gasteiger partial charge in [-0.1, -0.05) is 53.7 Å². The third-order valence-electron chi connectivity index (χ3n) is 6.26. The molecule has 1 amide bonds. The minimum Gasteiger partial charge on any atom is -0.379 e. The number of aromatic nitrogens is 1. The molecular formula is C31H42N2O6. The molecule has 0 fully saturated rings. The van der Waals surface area contributed by atoms with Crippen LogP contribution in [0.3, 0.4) is 0 Å². The summed E-state index contributed by atoms with van der Waals surface area (Å²) in [6.45, 7) is 12.0. The molecule has 0 atom stereocenters. The van der Waals surface area contributed by atoms with Crippen molar-refractivity contribution in [1.82, 2.24) is 10.3 Å². The lowest BCUT2D eigenvalue weighted by atomic mass is 10.0. The second-order valence-corrected chi connectivity index (χ2v) is 10.6. The molecule has 0 saturated heterocycles. The second-order valence-electron chi connectivity index (χ2n) is 10.6. The Morgan fingerprint density at radius 2 is 1.23 bits per heavy atom. The van der Waals surface area contributed by atoms with E-state index in [2.05, 4.69) is 10.3 Å². The molecule has 0 aliphatic carbocycles. The SMILES string of the molecule is CC(C)C(=O)CCOCC(COCCC(=O)C(C)C)NC(=O)c1ccc(-c2ccc(C(=O)C(C)C)cn2)cc1. The van der Waals surface area contributed by atoms with E-state index in [4.69, 9.17) is 9.47 Å². The maximum Gasteiger partial charge on any atom is 0.251 e. The molecule has 0 aliphatic heterocycles. The van der Waals surface area contributed by atoms with Crippen LogP contribution >= 0.6 is 0 Å². The van der Waals surface area contributed by atoms with Gasteiger partial charge in [0.05, 0.1) is 38.2 Å². The summed E-state index contributed by atoms with van der Waals surface area (Å²) in [5.74, 6) is -0.207. The zero-order valence-corrected chi connectivity index (χ0v) is 24.0. The molecular weight excluding hydrogens is 496 g/mol. The number of carbonyl (C=O) groups is 4. The Hall–Kier alpha value is -3.23. The molecule has 8 nitrogen and oxygen atoms in total. The number of ether oxygens (including phenoxy) is 2. The third-order valence-corrected chi connectivity index (χ3v) is 6.26. The number of carbonyl (C=O) groups excluding carboxylic acids is 4. The van der Waals surface area contributed by atoms with Crippen molar-refractivity contribution in [2.75, 3.05) is 26.4 Å². The van der Waals surface area contributed by atoms with Crippen LogP contribution in [0.4, 0.5) is 0 Å². The van der Waals surface area contributed by atoms with Gasteiger partial charge in [-0.05, 0) is 24.3 Å². The summed E-state index contributed by atoms with van der Waals surface area (Å²) in [5.41, 5.74) is 2.56. The predicted molar refractivity (Wildman–Crippen MR) is 151 cm³/mol. The highest BCUT2D eigenvalue weighted by Gasteiger charge is 2.17. The van der Waals surface area contributed by atoms with Crippen molar-refractivity contribution in [3.05, 3.63) is 53.7 Å². The quantitative estimate of drug-likeness (QED) is 0.224. The summed E-state index contributed by atoms with van der Waals surface area (Å²) in [7, 11) is 0. The van der Waals surface area contributed by atoms with Crippen molar-refractivity contribution < 1.29 is 28.7 Å². The van der Waals surface area contributed by atoms with Crippen LogP contribution in [-0.4, -0.2) is 60.7 Å². The van der Waals surface area contributed by atoms with Crippen molar-refractivity contribution in [2.45, 2.75) is 60.4 Å². The molecule has 2 aromatic rings. The topological polar surface area (TPSA) is 112 Å². The zero-order valence-electron chi connectivity index (χ0n) is 24.0. The van der Waals surface area contributed by atoms with E-state index in [1.165, 1.54) is 0 Å². The summed E-state index contributed by atoms with van der Waals surface area (Å²) in [6, 6.07) is 10.1. The summed E-state index contributed by atoms with van der Waals surface area (Å²) >= 11 is 0. The van der Waals surface area contributed by atoms with E-state index in [9.17, 15) is 19.2 Å². The molecule has 1 aromatic carbocycles. The monoisotopic (exact) mass is 538 g/mol. The van der Waals surface area contributed by atoms with Crippen LogP contribution in [0.25, 0.3) is 11.3 Å². The molecule has 0 spiro atoms. The lowest BCUT2D eigenvalue weighted by Gasteiger charge is -2.19. The van der Waals surface area contributed by atoms with Crippen molar-refractivity contribution in [2.24, 2.45) is 17.8 Å². The number of benzene rings is 1. The van der Waals surface area contributed by atoms with Crippen molar-refractivity contribution in [3.63, 3.8) is 0 Å². The normalized spacial score (nSPS) is 11.4. The highest BCUT2D eigenvalue weighted by molar-refractivity contribution is 5.97. The number of pyridine rings is 1. The smallest absolute Gasteiger partial charge is 0.251 e. The molecule has 212 valence electrons. The van der Waals surface area contributed by atoms with Crippen LogP contribution < -0.4 is 5.32 Å². The van der Waals surface area contributed by atoms with Crippen molar-refractivity contribution >= 4 is 23.3 Å². The predicted octanol–water partition coefficient (Wildman–Crippen LogP) is 4.95.